The van der Waals surface area contributed by atoms with Crippen LogP contribution in [0.1, 0.15) is 25.7 Å². The number of nitrogens with zero attached hydrogens (tertiary/aromatic N) is 1. The Morgan fingerprint density at radius 1 is 0.774 bits per heavy atom. The normalized spacial score (nSPS) is 19.0. The van der Waals surface area contributed by atoms with Gasteiger partial charge in [-0.05, 0) is 56.7 Å². The second-order valence-electron chi connectivity index (χ2n) is 8.76. The van der Waals surface area contributed by atoms with Crippen molar-refractivity contribution in [2.75, 3.05) is 14.1 Å². The Labute approximate surface area is 189 Å². The first kappa shape index (κ1) is 22.0. The standard InChI is InChI=1S/C29H34NP/c1-30(2)28(22-12-11-16-24-14-9-10-15-24)27-21-13-23-29(27)31(25-17-5-3-6-18-25)26-19-7-4-8-20-26/h3-10,13-15,17-21,23-24,27-28H,11-12,16,22H2,1-2H3/t27?,28-/m1/s1. The molecule has 0 aliphatic heterocycles. The highest BCUT2D eigenvalue weighted by Gasteiger charge is 2.32. The zero-order valence-electron chi connectivity index (χ0n) is 18.8. The zero-order valence-corrected chi connectivity index (χ0v) is 19.7. The van der Waals surface area contributed by atoms with E-state index in [1.165, 1.54) is 36.3 Å². The average molecular weight is 428 g/mol. The molecule has 0 fully saturated rings. The monoisotopic (exact) mass is 427 g/mol. The van der Waals surface area contributed by atoms with E-state index in [2.05, 4.69) is 122 Å². The third kappa shape index (κ3) is 5.53. The molecule has 1 nitrogen and oxygen atoms in total. The third-order valence-electron chi connectivity index (χ3n) is 6.41. The fourth-order valence-electron chi connectivity index (χ4n) is 4.80. The van der Waals surface area contributed by atoms with Crippen LogP contribution >= 0.6 is 7.92 Å². The minimum Gasteiger partial charge on any atom is -0.306 e. The van der Waals surface area contributed by atoms with Gasteiger partial charge in [-0.1, -0.05) is 116 Å². The van der Waals surface area contributed by atoms with Gasteiger partial charge in [0.2, 0.25) is 0 Å². The van der Waals surface area contributed by atoms with Gasteiger partial charge in [0.15, 0.2) is 0 Å². The zero-order chi connectivity index (χ0) is 21.5. The molecule has 31 heavy (non-hydrogen) atoms. The molecule has 0 heterocycles. The quantitative estimate of drug-likeness (QED) is 0.312. The van der Waals surface area contributed by atoms with Crippen LogP contribution in [-0.4, -0.2) is 25.0 Å². The van der Waals surface area contributed by atoms with Crippen molar-refractivity contribution in [3.05, 3.63) is 109 Å². The number of unbranched alkanes of at least 4 members (excludes halogenated alkanes) is 1. The van der Waals surface area contributed by atoms with Gasteiger partial charge in [-0.3, -0.25) is 0 Å². The van der Waals surface area contributed by atoms with Gasteiger partial charge < -0.3 is 4.90 Å². The smallest absolute Gasteiger partial charge is 0.0193 e. The molecule has 160 valence electrons. The van der Waals surface area contributed by atoms with Crippen molar-refractivity contribution in [2.24, 2.45) is 11.8 Å². The van der Waals surface area contributed by atoms with Gasteiger partial charge in [-0.15, -0.1) is 0 Å². The predicted octanol–water partition coefficient (Wildman–Crippen LogP) is 6.42. The summed E-state index contributed by atoms with van der Waals surface area (Å²) in [7, 11) is 3.99. The molecule has 4 rings (SSSR count). The average Bonchev–Trinajstić information content (AvgIpc) is 3.48. The molecule has 2 aromatic rings. The summed E-state index contributed by atoms with van der Waals surface area (Å²) >= 11 is 0. The van der Waals surface area contributed by atoms with Gasteiger partial charge in [-0.2, -0.15) is 0 Å². The molecule has 0 radical (unpaired) electrons. The molecule has 2 aromatic carbocycles. The molecule has 2 aliphatic rings. The molecule has 0 bridgehead atoms. The summed E-state index contributed by atoms with van der Waals surface area (Å²) in [5, 5.41) is 4.48. The second-order valence-corrected chi connectivity index (χ2v) is 11.0. The third-order valence-corrected chi connectivity index (χ3v) is 9.00. The van der Waals surface area contributed by atoms with Gasteiger partial charge in [0, 0.05) is 12.0 Å². The van der Waals surface area contributed by atoms with E-state index in [0.717, 1.165) is 0 Å². The van der Waals surface area contributed by atoms with Gasteiger partial charge in [-0.25, -0.2) is 0 Å². The first-order valence-electron chi connectivity index (χ1n) is 11.5. The summed E-state index contributed by atoms with van der Waals surface area (Å²) in [6.45, 7) is 0. The number of benzene rings is 2. The van der Waals surface area contributed by atoms with Crippen molar-refractivity contribution in [2.45, 2.75) is 31.7 Å². The lowest BCUT2D eigenvalue weighted by Crippen LogP contribution is -2.35. The van der Waals surface area contributed by atoms with Crippen LogP contribution in [0.5, 0.6) is 0 Å². The van der Waals surface area contributed by atoms with E-state index >= 15 is 0 Å². The Hall–Kier alpha value is -2.21. The molecule has 0 amide bonds. The Morgan fingerprint density at radius 3 is 1.97 bits per heavy atom. The minimum atomic E-state index is -0.521. The first-order chi connectivity index (χ1) is 15.2. The summed E-state index contributed by atoms with van der Waals surface area (Å²) in [6, 6.07) is 22.7. The second kappa shape index (κ2) is 10.9. The summed E-state index contributed by atoms with van der Waals surface area (Å²) in [6.07, 6.45) is 21.3. The van der Waals surface area contributed by atoms with Gasteiger partial charge in [0.25, 0.3) is 0 Å². The van der Waals surface area contributed by atoms with E-state index in [9.17, 15) is 0 Å². The van der Waals surface area contributed by atoms with E-state index in [-0.39, 0.29) is 0 Å². The van der Waals surface area contributed by atoms with Crippen LogP contribution in [0.25, 0.3) is 0 Å². The fraction of sp³-hybridized carbons (Fsp3) is 0.310. The van der Waals surface area contributed by atoms with Crippen LogP contribution in [-0.2, 0) is 0 Å². The van der Waals surface area contributed by atoms with E-state index in [4.69, 9.17) is 0 Å². The van der Waals surface area contributed by atoms with Crippen LogP contribution in [0.2, 0.25) is 0 Å². The highest BCUT2D eigenvalue weighted by atomic mass is 31.1. The molecule has 0 saturated carbocycles. The van der Waals surface area contributed by atoms with Gasteiger partial charge in [0.05, 0.1) is 0 Å². The van der Waals surface area contributed by atoms with Crippen LogP contribution in [0.3, 0.4) is 0 Å². The number of hydrogen-bond acceptors (Lipinski definition) is 1. The molecular formula is C29H34NP. The minimum absolute atomic E-state index is 0.479. The maximum atomic E-state index is 2.45. The van der Waals surface area contributed by atoms with Gasteiger partial charge >= 0.3 is 0 Å². The van der Waals surface area contributed by atoms with E-state index in [1.807, 2.05) is 0 Å². The summed E-state index contributed by atoms with van der Waals surface area (Å²) < 4.78 is 0. The lowest BCUT2D eigenvalue weighted by atomic mass is 9.93. The molecular weight excluding hydrogens is 393 g/mol. The van der Waals surface area contributed by atoms with E-state index < -0.39 is 7.92 Å². The SMILES string of the molecule is CN(C)[C@H](CCCCC1C=CC=C1)C1C=CC=C1P(c1ccccc1)c1ccccc1. The Morgan fingerprint density at radius 2 is 1.39 bits per heavy atom. The molecule has 2 atom stereocenters. The number of allylic oxidation sites excluding steroid dienone is 6. The van der Waals surface area contributed by atoms with Crippen molar-refractivity contribution in [3.63, 3.8) is 0 Å². The molecule has 0 N–H and O–H groups in total. The number of rotatable bonds is 10. The van der Waals surface area contributed by atoms with Crippen LogP contribution in [0.15, 0.2) is 109 Å². The fourth-order valence-corrected chi connectivity index (χ4v) is 7.42. The highest BCUT2D eigenvalue weighted by molar-refractivity contribution is 7.76. The maximum absolute atomic E-state index is 2.45. The molecule has 0 aromatic heterocycles. The van der Waals surface area contributed by atoms with Crippen molar-refractivity contribution in [1.82, 2.24) is 4.90 Å². The van der Waals surface area contributed by atoms with Gasteiger partial charge in [0.1, 0.15) is 0 Å². The largest absolute Gasteiger partial charge is 0.306 e. The van der Waals surface area contributed by atoms with E-state index in [1.54, 1.807) is 5.31 Å². The maximum Gasteiger partial charge on any atom is 0.0193 e. The van der Waals surface area contributed by atoms with Crippen molar-refractivity contribution >= 4 is 18.5 Å². The van der Waals surface area contributed by atoms with Crippen molar-refractivity contribution in [1.29, 1.82) is 0 Å². The van der Waals surface area contributed by atoms with E-state index in [0.29, 0.717) is 17.9 Å². The van der Waals surface area contributed by atoms with Crippen molar-refractivity contribution in [3.8, 4) is 0 Å². The predicted molar refractivity (Wildman–Crippen MR) is 137 cm³/mol. The number of hydrogen-bond donors (Lipinski definition) is 0. The molecule has 2 aliphatic carbocycles. The molecule has 1 unspecified atom stereocenters. The van der Waals surface area contributed by atoms with Crippen molar-refractivity contribution < 1.29 is 0 Å². The summed E-state index contributed by atoms with van der Waals surface area (Å²) in [5.74, 6) is 1.14. The topological polar surface area (TPSA) is 3.24 Å². The molecule has 2 heteroatoms. The summed E-state index contributed by atoms with van der Waals surface area (Å²) in [4.78, 5) is 2.45. The van der Waals surface area contributed by atoms with Crippen LogP contribution < -0.4 is 10.6 Å². The Balaban J connectivity index is 1.52. The summed E-state index contributed by atoms with van der Waals surface area (Å²) in [5.41, 5.74) is 0. The Kier molecular flexibility index (Phi) is 7.73. The highest BCUT2D eigenvalue weighted by Crippen LogP contribution is 2.50. The molecule has 0 saturated heterocycles. The lowest BCUT2D eigenvalue weighted by molar-refractivity contribution is 0.240. The Bertz CT molecular complexity index is 888. The lowest BCUT2D eigenvalue weighted by Gasteiger charge is -2.34. The van der Waals surface area contributed by atoms with Crippen LogP contribution in [0, 0.1) is 11.8 Å². The van der Waals surface area contributed by atoms with Crippen LogP contribution in [0.4, 0.5) is 0 Å². The molecule has 0 spiro atoms. The first-order valence-corrected chi connectivity index (χ1v) is 12.9.